The predicted molar refractivity (Wildman–Crippen MR) is 88.3 cm³/mol. The summed E-state index contributed by atoms with van der Waals surface area (Å²) < 4.78 is 5.24. The molecular formula is C18H29NO2. The van der Waals surface area contributed by atoms with E-state index in [1.807, 2.05) is 25.1 Å². The molecule has 0 radical (unpaired) electrons. The first-order valence-corrected chi connectivity index (χ1v) is 7.95. The van der Waals surface area contributed by atoms with Crippen molar-refractivity contribution in [3.63, 3.8) is 0 Å². The molecule has 21 heavy (non-hydrogen) atoms. The van der Waals surface area contributed by atoms with Crippen molar-refractivity contribution < 1.29 is 9.53 Å². The Bertz CT molecular complexity index is 474. The highest BCUT2D eigenvalue weighted by atomic mass is 16.5. The van der Waals surface area contributed by atoms with E-state index in [2.05, 4.69) is 32.6 Å². The van der Waals surface area contributed by atoms with E-state index in [1.54, 1.807) is 7.11 Å². The van der Waals surface area contributed by atoms with E-state index in [-0.39, 0.29) is 5.78 Å². The topological polar surface area (TPSA) is 29.5 Å². The first-order valence-electron chi connectivity index (χ1n) is 7.95. The molecule has 0 heterocycles. The highest BCUT2D eigenvalue weighted by Gasteiger charge is 2.40. The van der Waals surface area contributed by atoms with Gasteiger partial charge in [0.2, 0.25) is 0 Å². The van der Waals surface area contributed by atoms with Crippen LogP contribution in [-0.2, 0) is 0 Å². The zero-order valence-corrected chi connectivity index (χ0v) is 14.3. The lowest BCUT2D eigenvalue weighted by Gasteiger charge is -2.41. The molecule has 0 amide bonds. The van der Waals surface area contributed by atoms with Gasteiger partial charge in [0.05, 0.1) is 12.6 Å². The van der Waals surface area contributed by atoms with Crippen molar-refractivity contribution in [1.82, 2.24) is 4.90 Å². The molecule has 0 bridgehead atoms. The van der Waals surface area contributed by atoms with Gasteiger partial charge in [-0.25, -0.2) is 0 Å². The highest BCUT2D eigenvalue weighted by Crippen LogP contribution is 2.30. The van der Waals surface area contributed by atoms with Crippen LogP contribution in [0.25, 0.3) is 0 Å². The molecule has 118 valence electrons. The number of benzene rings is 1. The molecule has 3 nitrogen and oxygen atoms in total. The number of hydrogen-bond acceptors (Lipinski definition) is 3. The Kier molecular flexibility index (Phi) is 6.41. The molecule has 0 aliphatic carbocycles. The molecule has 3 heteroatoms. The van der Waals surface area contributed by atoms with Gasteiger partial charge in [-0.05, 0) is 56.6 Å². The number of Topliss-reactive ketones (excluding diaryl/α,β-unsaturated/α-hetero) is 1. The molecule has 0 aliphatic rings. The highest BCUT2D eigenvalue weighted by molar-refractivity contribution is 6.04. The Morgan fingerprint density at radius 1 is 1.14 bits per heavy atom. The van der Waals surface area contributed by atoms with Crippen LogP contribution >= 0.6 is 0 Å². The number of hydrogen-bond donors (Lipinski definition) is 0. The monoisotopic (exact) mass is 291 g/mol. The minimum absolute atomic E-state index is 0.233. The van der Waals surface area contributed by atoms with Crippen LogP contribution in [0, 0.1) is 6.92 Å². The van der Waals surface area contributed by atoms with Crippen molar-refractivity contribution in [2.45, 2.75) is 53.0 Å². The van der Waals surface area contributed by atoms with Crippen LogP contribution in [0.4, 0.5) is 0 Å². The van der Waals surface area contributed by atoms with Crippen molar-refractivity contribution >= 4 is 5.78 Å². The fourth-order valence-corrected chi connectivity index (χ4v) is 3.26. The molecule has 0 fully saturated rings. The quantitative estimate of drug-likeness (QED) is 0.676. The second-order valence-corrected chi connectivity index (χ2v) is 5.42. The van der Waals surface area contributed by atoms with Crippen LogP contribution in [0.2, 0.25) is 0 Å². The zero-order chi connectivity index (χ0) is 16.0. The molecule has 1 aromatic carbocycles. The number of aryl methyl sites for hydroxylation is 1. The Labute approximate surface area is 129 Å². The largest absolute Gasteiger partial charge is 0.497 e. The van der Waals surface area contributed by atoms with E-state index in [9.17, 15) is 4.79 Å². The minimum Gasteiger partial charge on any atom is -0.497 e. The Hall–Kier alpha value is -1.35. The second-order valence-electron chi connectivity index (χ2n) is 5.42. The second kappa shape index (κ2) is 7.60. The number of ether oxygens (including phenoxy) is 1. The molecule has 0 N–H and O–H groups in total. The average Bonchev–Trinajstić information content (AvgIpc) is 2.51. The van der Waals surface area contributed by atoms with Gasteiger partial charge in [0.1, 0.15) is 5.75 Å². The fourth-order valence-electron chi connectivity index (χ4n) is 3.26. The van der Waals surface area contributed by atoms with E-state index < -0.39 is 5.54 Å². The lowest BCUT2D eigenvalue weighted by Crippen LogP contribution is -2.54. The van der Waals surface area contributed by atoms with Gasteiger partial charge in [-0.1, -0.05) is 27.7 Å². The Balaban J connectivity index is 3.29. The van der Waals surface area contributed by atoms with E-state index in [0.29, 0.717) is 0 Å². The van der Waals surface area contributed by atoms with Crippen LogP contribution in [0.3, 0.4) is 0 Å². The summed E-state index contributed by atoms with van der Waals surface area (Å²) in [6.45, 7) is 12.2. The van der Waals surface area contributed by atoms with Gasteiger partial charge in [-0.2, -0.15) is 0 Å². The van der Waals surface area contributed by atoms with Crippen molar-refractivity contribution in [3.8, 4) is 5.75 Å². The minimum atomic E-state index is -0.400. The van der Waals surface area contributed by atoms with Gasteiger partial charge in [0, 0.05) is 5.56 Å². The van der Waals surface area contributed by atoms with Crippen molar-refractivity contribution in [3.05, 3.63) is 29.3 Å². The summed E-state index contributed by atoms with van der Waals surface area (Å²) in [5.74, 6) is 1.03. The third kappa shape index (κ3) is 3.29. The summed E-state index contributed by atoms with van der Waals surface area (Å²) in [6, 6.07) is 5.71. The zero-order valence-electron chi connectivity index (χ0n) is 14.3. The summed E-state index contributed by atoms with van der Waals surface area (Å²) >= 11 is 0. The average molecular weight is 291 g/mol. The van der Waals surface area contributed by atoms with Gasteiger partial charge >= 0.3 is 0 Å². The molecule has 0 spiro atoms. The molecular weight excluding hydrogens is 262 g/mol. The van der Waals surface area contributed by atoms with E-state index >= 15 is 0 Å². The Morgan fingerprint density at radius 2 is 1.71 bits per heavy atom. The summed E-state index contributed by atoms with van der Waals surface area (Å²) in [5, 5.41) is 0. The number of nitrogens with zero attached hydrogens (tertiary/aromatic N) is 1. The summed E-state index contributed by atoms with van der Waals surface area (Å²) in [4.78, 5) is 15.5. The summed E-state index contributed by atoms with van der Waals surface area (Å²) in [7, 11) is 1.65. The van der Waals surface area contributed by atoms with Crippen molar-refractivity contribution in [2.75, 3.05) is 20.2 Å². The van der Waals surface area contributed by atoms with Gasteiger partial charge in [0.15, 0.2) is 5.78 Å². The number of methoxy groups -OCH3 is 1. The number of carbonyl (C=O) groups excluding carboxylic acids is 1. The number of rotatable bonds is 8. The van der Waals surface area contributed by atoms with Gasteiger partial charge < -0.3 is 4.74 Å². The molecule has 1 rings (SSSR count). The maximum Gasteiger partial charge on any atom is 0.183 e. The molecule has 0 aromatic heterocycles. The van der Waals surface area contributed by atoms with Crippen LogP contribution in [0.15, 0.2) is 18.2 Å². The van der Waals surface area contributed by atoms with E-state index in [1.165, 1.54) is 0 Å². The standard InChI is InChI=1S/C18H29NO2/c1-7-18(8-2,19(9-3)10-4)17(20)16-12-11-15(21-6)13-14(16)5/h11-13H,7-10H2,1-6H3. The molecule has 0 saturated carbocycles. The maximum absolute atomic E-state index is 13.2. The van der Waals surface area contributed by atoms with Gasteiger partial charge in [0.25, 0.3) is 0 Å². The van der Waals surface area contributed by atoms with E-state index in [4.69, 9.17) is 4.74 Å². The summed E-state index contributed by atoms with van der Waals surface area (Å²) in [5.41, 5.74) is 1.40. The van der Waals surface area contributed by atoms with Crippen LogP contribution in [0.1, 0.15) is 56.5 Å². The predicted octanol–water partition coefficient (Wildman–Crippen LogP) is 4.09. The molecule has 1 aromatic rings. The first-order chi connectivity index (χ1) is 10.00. The third-order valence-electron chi connectivity index (χ3n) is 4.64. The lowest BCUT2D eigenvalue weighted by atomic mass is 9.81. The molecule has 0 atom stereocenters. The lowest BCUT2D eigenvalue weighted by molar-refractivity contribution is 0.0534. The van der Waals surface area contributed by atoms with Crippen LogP contribution < -0.4 is 4.74 Å². The van der Waals surface area contributed by atoms with Crippen molar-refractivity contribution in [2.24, 2.45) is 0 Å². The van der Waals surface area contributed by atoms with Crippen LogP contribution in [-0.4, -0.2) is 36.4 Å². The first kappa shape index (κ1) is 17.7. The van der Waals surface area contributed by atoms with Gasteiger partial charge in [-0.15, -0.1) is 0 Å². The van der Waals surface area contributed by atoms with E-state index in [0.717, 1.165) is 42.8 Å². The number of carbonyl (C=O) groups is 1. The van der Waals surface area contributed by atoms with Crippen molar-refractivity contribution in [1.29, 1.82) is 0 Å². The summed E-state index contributed by atoms with van der Waals surface area (Å²) in [6.07, 6.45) is 1.66. The molecule has 0 unspecified atom stereocenters. The maximum atomic E-state index is 13.2. The fraction of sp³-hybridized carbons (Fsp3) is 0.611. The molecule has 0 aliphatic heterocycles. The number of ketones is 1. The Morgan fingerprint density at radius 3 is 2.10 bits per heavy atom. The molecule has 0 saturated heterocycles. The normalized spacial score (nSPS) is 11.8. The number of likely N-dealkylation sites (N-methyl/N-ethyl adjacent to an activating group) is 1. The van der Waals surface area contributed by atoms with Gasteiger partial charge in [-0.3, -0.25) is 9.69 Å². The van der Waals surface area contributed by atoms with Crippen LogP contribution in [0.5, 0.6) is 5.75 Å². The third-order valence-corrected chi connectivity index (χ3v) is 4.64. The smallest absolute Gasteiger partial charge is 0.183 e. The SMILES string of the molecule is CCN(CC)C(CC)(CC)C(=O)c1ccc(OC)cc1C.